The fourth-order valence-corrected chi connectivity index (χ4v) is 2.13. The van der Waals surface area contributed by atoms with Gasteiger partial charge in [-0.2, -0.15) is 10.2 Å². The van der Waals surface area contributed by atoms with Crippen LogP contribution in [0.25, 0.3) is 0 Å². The van der Waals surface area contributed by atoms with Crippen LogP contribution in [0.1, 0.15) is 25.3 Å². The van der Waals surface area contributed by atoms with E-state index >= 15 is 0 Å². The summed E-state index contributed by atoms with van der Waals surface area (Å²) in [5, 5.41) is 8.52. The van der Waals surface area contributed by atoms with Gasteiger partial charge >= 0.3 is 0 Å². The summed E-state index contributed by atoms with van der Waals surface area (Å²) in [7, 11) is 0. The minimum Gasteiger partial charge on any atom is -0.498 e. The van der Waals surface area contributed by atoms with Crippen LogP contribution in [0.5, 0.6) is 5.75 Å². The molecule has 0 N–H and O–H groups in total. The van der Waals surface area contributed by atoms with Crippen LogP contribution in [0.2, 0.25) is 0 Å². The molecule has 0 aliphatic rings. The quantitative estimate of drug-likeness (QED) is 0.306. The monoisotopic (exact) mass is 324 g/mol. The van der Waals surface area contributed by atoms with Crippen molar-refractivity contribution in [1.29, 1.82) is 0 Å². The minimum atomic E-state index is 0.483. The molecule has 0 radical (unpaired) electrons. The van der Waals surface area contributed by atoms with Crippen molar-refractivity contribution >= 4 is 11.4 Å². The van der Waals surface area contributed by atoms with Crippen LogP contribution < -0.4 is 4.74 Å². The van der Waals surface area contributed by atoms with Gasteiger partial charge in [0.2, 0.25) is 0 Å². The zero-order chi connectivity index (χ0) is 17.0. The normalized spacial score (nSPS) is 10.7. The molecule has 0 fully saturated rings. The van der Waals surface area contributed by atoms with Crippen molar-refractivity contribution in [3.05, 3.63) is 66.9 Å². The first-order chi connectivity index (χ1) is 11.8. The Hall–Kier alpha value is -2.62. The Morgan fingerprint density at radius 1 is 0.917 bits per heavy atom. The third-order valence-electron chi connectivity index (χ3n) is 3.46. The Kier molecular flexibility index (Phi) is 7.54. The highest BCUT2D eigenvalue weighted by Gasteiger charge is 1.96. The van der Waals surface area contributed by atoms with E-state index in [1.807, 2.05) is 36.4 Å². The van der Waals surface area contributed by atoms with Gasteiger partial charge in [-0.05, 0) is 54.8 Å². The maximum Gasteiger partial charge on any atom is 0.122 e. The average molecular weight is 324 g/mol. The van der Waals surface area contributed by atoms with Crippen LogP contribution in [0.15, 0.2) is 71.6 Å². The second kappa shape index (κ2) is 10.2. The Morgan fingerprint density at radius 2 is 1.54 bits per heavy atom. The SMILES string of the molecule is C=COCCOc1ccc(/N=N/c2ccc(CCCC)cc2)cc1. The third-order valence-corrected chi connectivity index (χ3v) is 3.46. The number of unbranched alkanes of at least 4 members (excludes halogenated alkanes) is 1. The average Bonchev–Trinajstić information content (AvgIpc) is 2.64. The van der Waals surface area contributed by atoms with E-state index < -0.39 is 0 Å². The first-order valence-corrected chi connectivity index (χ1v) is 8.28. The largest absolute Gasteiger partial charge is 0.498 e. The van der Waals surface area contributed by atoms with Crippen LogP contribution in [0.3, 0.4) is 0 Å². The van der Waals surface area contributed by atoms with Crippen LogP contribution in [-0.2, 0) is 11.2 Å². The van der Waals surface area contributed by atoms with Gasteiger partial charge in [0.05, 0.1) is 17.6 Å². The predicted molar refractivity (Wildman–Crippen MR) is 97.3 cm³/mol. The molecule has 0 saturated carbocycles. The van der Waals surface area contributed by atoms with Crippen LogP contribution in [0.4, 0.5) is 11.4 Å². The number of nitrogens with zero attached hydrogens (tertiary/aromatic N) is 2. The van der Waals surface area contributed by atoms with Gasteiger partial charge in [0, 0.05) is 0 Å². The topological polar surface area (TPSA) is 43.2 Å². The van der Waals surface area contributed by atoms with E-state index in [4.69, 9.17) is 9.47 Å². The highest BCUT2D eigenvalue weighted by atomic mass is 16.5. The predicted octanol–water partition coefficient (Wildman–Crippen LogP) is 5.98. The highest BCUT2D eigenvalue weighted by molar-refractivity contribution is 5.43. The van der Waals surface area contributed by atoms with Gasteiger partial charge in [0.15, 0.2) is 0 Å². The lowest BCUT2D eigenvalue weighted by molar-refractivity contribution is 0.179. The lowest BCUT2D eigenvalue weighted by Gasteiger charge is -2.05. The third kappa shape index (κ3) is 6.24. The van der Waals surface area contributed by atoms with Gasteiger partial charge in [0.1, 0.15) is 19.0 Å². The van der Waals surface area contributed by atoms with Crippen molar-refractivity contribution in [1.82, 2.24) is 0 Å². The molecule has 2 rings (SSSR count). The lowest BCUT2D eigenvalue weighted by atomic mass is 10.1. The Balaban J connectivity index is 1.86. The van der Waals surface area contributed by atoms with E-state index in [2.05, 4.69) is 35.9 Å². The molecule has 0 aliphatic carbocycles. The molecule has 4 nitrogen and oxygen atoms in total. The Labute approximate surface area is 143 Å². The van der Waals surface area contributed by atoms with E-state index in [1.165, 1.54) is 24.7 Å². The van der Waals surface area contributed by atoms with Gasteiger partial charge in [-0.15, -0.1) is 0 Å². The highest BCUT2D eigenvalue weighted by Crippen LogP contribution is 2.21. The van der Waals surface area contributed by atoms with E-state index in [1.54, 1.807) is 0 Å². The second-order valence-corrected chi connectivity index (χ2v) is 5.35. The molecular formula is C20H24N2O2. The first-order valence-electron chi connectivity index (χ1n) is 8.28. The molecule has 0 spiro atoms. The van der Waals surface area contributed by atoms with Crippen LogP contribution in [-0.4, -0.2) is 13.2 Å². The maximum atomic E-state index is 5.53. The van der Waals surface area contributed by atoms with E-state index in [9.17, 15) is 0 Å². The van der Waals surface area contributed by atoms with Crippen molar-refractivity contribution in [3.63, 3.8) is 0 Å². The molecule has 0 bridgehead atoms. The maximum absolute atomic E-state index is 5.53. The van der Waals surface area contributed by atoms with Crippen molar-refractivity contribution in [2.24, 2.45) is 10.2 Å². The summed E-state index contributed by atoms with van der Waals surface area (Å²) in [5.74, 6) is 0.780. The summed E-state index contributed by atoms with van der Waals surface area (Å²) in [6.45, 7) is 6.65. The van der Waals surface area contributed by atoms with Crippen molar-refractivity contribution in [2.75, 3.05) is 13.2 Å². The summed E-state index contributed by atoms with van der Waals surface area (Å²) in [6.07, 6.45) is 4.95. The zero-order valence-corrected chi connectivity index (χ0v) is 14.1. The van der Waals surface area contributed by atoms with Gasteiger partial charge in [-0.3, -0.25) is 0 Å². The minimum absolute atomic E-state index is 0.483. The zero-order valence-electron chi connectivity index (χ0n) is 14.1. The molecule has 0 amide bonds. The van der Waals surface area contributed by atoms with E-state index in [0.29, 0.717) is 13.2 Å². The van der Waals surface area contributed by atoms with Crippen LogP contribution >= 0.6 is 0 Å². The number of ether oxygens (including phenoxy) is 2. The van der Waals surface area contributed by atoms with Gasteiger partial charge in [-0.25, -0.2) is 0 Å². The van der Waals surface area contributed by atoms with Crippen molar-refractivity contribution < 1.29 is 9.47 Å². The molecule has 0 atom stereocenters. The molecule has 0 unspecified atom stereocenters. The van der Waals surface area contributed by atoms with Crippen molar-refractivity contribution in [3.8, 4) is 5.75 Å². The summed E-state index contributed by atoms with van der Waals surface area (Å²) in [4.78, 5) is 0. The number of aryl methyl sites for hydroxylation is 1. The van der Waals surface area contributed by atoms with Gasteiger partial charge < -0.3 is 9.47 Å². The van der Waals surface area contributed by atoms with Gasteiger partial charge in [-0.1, -0.05) is 32.1 Å². The Bertz CT molecular complexity index is 634. The molecule has 4 heteroatoms. The fourth-order valence-electron chi connectivity index (χ4n) is 2.13. The number of azo groups is 1. The Morgan fingerprint density at radius 3 is 2.12 bits per heavy atom. The number of benzene rings is 2. The molecule has 2 aromatic carbocycles. The van der Waals surface area contributed by atoms with Gasteiger partial charge in [0.25, 0.3) is 0 Å². The van der Waals surface area contributed by atoms with Crippen molar-refractivity contribution in [2.45, 2.75) is 26.2 Å². The number of hydrogen-bond acceptors (Lipinski definition) is 4. The van der Waals surface area contributed by atoms with Crippen LogP contribution in [0, 0.1) is 0 Å². The first kappa shape index (κ1) is 17.7. The smallest absolute Gasteiger partial charge is 0.122 e. The number of hydrogen-bond donors (Lipinski definition) is 0. The number of rotatable bonds is 10. The summed E-state index contributed by atoms with van der Waals surface area (Å²) >= 11 is 0. The summed E-state index contributed by atoms with van der Waals surface area (Å²) in [5.41, 5.74) is 3.00. The summed E-state index contributed by atoms with van der Waals surface area (Å²) in [6, 6.07) is 15.7. The fraction of sp³-hybridized carbons (Fsp3) is 0.300. The molecule has 0 saturated heterocycles. The second-order valence-electron chi connectivity index (χ2n) is 5.35. The molecule has 0 heterocycles. The summed E-state index contributed by atoms with van der Waals surface area (Å²) < 4.78 is 10.5. The molecule has 126 valence electrons. The molecule has 0 aromatic heterocycles. The lowest BCUT2D eigenvalue weighted by Crippen LogP contribution is -2.03. The van der Waals surface area contributed by atoms with E-state index in [-0.39, 0.29) is 0 Å². The van der Waals surface area contributed by atoms with E-state index in [0.717, 1.165) is 23.5 Å². The molecular weight excluding hydrogens is 300 g/mol. The molecule has 24 heavy (non-hydrogen) atoms. The molecule has 0 aliphatic heterocycles. The molecule has 2 aromatic rings. The standard InChI is InChI=1S/C20H24N2O2/c1-3-5-6-17-7-9-18(10-8-17)21-22-19-11-13-20(14-12-19)24-16-15-23-4-2/h4,7-14H,2-3,5-6,15-16H2,1H3/b22-21+.